The van der Waals surface area contributed by atoms with E-state index in [-0.39, 0.29) is 31.2 Å². The van der Waals surface area contributed by atoms with Crippen molar-refractivity contribution >= 4 is 35.5 Å². The van der Waals surface area contributed by atoms with Crippen LogP contribution in [0.5, 0.6) is 0 Å². The van der Waals surface area contributed by atoms with Crippen molar-refractivity contribution in [3.8, 4) is 0 Å². The number of nitrogens with one attached hydrogen (secondary N) is 3. The molecule has 45 heavy (non-hydrogen) atoms. The summed E-state index contributed by atoms with van der Waals surface area (Å²) in [6.45, 7) is 1.28. The van der Waals surface area contributed by atoms with E-state index in [1.807, 2.05) is 6.07 Å². The number of carboxylic acids is 1. The van der Waals surface area contributed by atoms with Crippen LogP contribution in [0.4, 0.5) is 13.2 Å². The fraction of sp³-hybridized carbons (Fsp3) is 0.357. The van der Waals surface area contributed by atoms with Crippen LogP contribution < -0.4 is 33.6 Å². The van der Waals surface area contributed by atoms with E-state index in [1.54, 1.807) is 55.5 Å². The number of guanidine groups is 1. The topological polar surface area (TPSA) is 273 Å². The minimum atomic E-state index is -5.08. The van der Waals surface area contributed by atoms with Crippen LogP contribution in [0.1, 0.15) is 36.5 Å². The lowest BCUT2D eigenvalue weighted by atomic mass is 9.76. The third kappa shape index (κ3) is 12.5. The zero-order valence-electron chi connectivity index (χ0n) is 24.3. The Morgan fingerprint density at radius 2 is 1.49 bits per heavy atom. The Balaban J connectivity index is 0.00000129. The smallest absolute Gasteiger partial charge is 0.475 e. The lowest BCUT2D eigenvalue weighted by Crippen LogP contribution is -2.57. The fourth-order valence-corrected chi connectivity index (χ4v) is 3.90. The molecule has 13 N–H and O–H groups in total. The maximum Gasteiger partial charge on any atom is 0.490 e. The van der Waals surface area contributed by atoms with E-state index in [9.17, 15) is 32.7 Å². The van der Waals surface area contributed by atoms with Gasteiger partial charge >= 0.3 is 12.1 Å². The summed E-state index contributed by atoms with van der Waals surface area (Å²) in [5.74, 6) is -4.95. The number of benzene rings is 2. The zero-order chi connectivity index (χ0) is 34.4. The second-order valence-corrected chi connectivity index (χ2v) is 9.91. The number of halogens is 3. The number of nitrogens with zero attached hydrogens (tertiary/aromatic N) is 1. The molecule has 0 fully saturated rings. The molecule has 1 unspecified atom stereocenters. The van der Waals surface area contributed by atoms with Gasteiger partial charge in [-0.25, -0.2) is 4.79 Å². The Morgan fingerprint density at radius 3 is 1.93 bits per heavy atom. The molecule has 2 aromatic rings. The Kier molecular flexibility index (Phi) is 14.5. The Bertz CT molecular complexity index is 1350. The van der Waals surface area contributed by atoms with Gasteiger partial charge in [0.25, 0.3) is 0 Å². The van der Waals surface area contributed by atoms with Gasteiger partial charge in [-0.05, 0) is 37.3 Å². The first kappa shape index (κ1) is 37.8. The number of alkyl halides is 3. The predicted octanol–water partition coefficient (Wildman–Crippen LogP) is -0.395. The molecule has 0 aromatic heterocycles. The molecule has 0 aliphatic carbocycles. The molecule has 0 heterocycles. The van der Waals surface area contributed by atoms with E-state index in [1.165, 1.54) is 0 Å². The van der Waals surface area contributed by atoms with Crippen molar-refractivity contribution in [2.45, 2.75) is 49.9 Å². The van der Waals surface area contributed by atoms with Gasteiger partial charge in [-0.3, -0.25) is 24.8 Å². The average Bonchev–Trinajstić information content (AvgIpc) is 2.97. The summed E-state index contributed by atoms with van der Waals surface area (Å²) in [7, 11) is 0. The number of carbonyl (C=O) groups excluding carboxylic acids is 3. The molecule has 3 atom stereocenters. The highest BCUT2D eigenvalue weighted by Gasteiger charge is 2.39. The number of aliphatic imine (C=N–C) groups is 1. The number of amides is 3. The summed E-state index contributed by atoms with van der Waals surface area (Å²) in [5, 5.41) is 29.7. The van der Waals surface area contributed by atoms with Crippen molar-refractivity contribution in [1.82, 2.24) is 10.6 Å². The summed E-state index contributed by atoms with van der Waals surface area (Å²) < 4.78 is 31.7. The first-order valence-electron chi connectivity index (χ1n) is 13.3. The lowest BCUT2D eigenvalue weighted by Gasteiger charge is -2.31. The van der Waals surface area contributed by atoms with Crippen molar-refractivity contribution in [2.75, 3.05) is 13.2 Å². The fourth-order valence-electron chi connectivity index (χ4n) is 3.90. The molecule has 0 bridgehead atoms. The van der Waals surface area contributed by atoms with Crippen molar-refractivity contribution in [2.24, 2.45) is 27.9 Å². The van der Waals surface area contributed by atoms with Crippen LogP contribution in [0.25, 0.3) is 0 Å². The van der Waals surface area contributed by atoms with Gasteiger partial charge in [0.15, 0.2) is 5.96 Å². The van der Waals surface area contributed by atoms with Crippen molar-refractivity contribution in [1.29, 1.82) is 5.41 Å². The average molecular weight is 639 g/mol. The monoisotopic (exact) mass is 638 g/mol. The Hall–Kier alpha value is -5.19. The number of nitrogens with two attached hydrogens (primary N) is 4. The number of hydrogen-bond acceptors (Lipinski definition) is 7. The SMILES string of the molecule is C[C@@](Cc1ccc(C(=N)N)cc1)(C(=O)N[C@@H](CO)C(=O)NC(CCCN=C(N)N)C(N)=O)c1ccccc1.O=C(O)C(F)(F)F. The van der Waals surface area contributed by atoms with Crippen molar-refractivity contribution < 1.29 is 42.6 Å². The van der Waals surface area contributed by atoms with Crippen molar-refractivity contribution in [3.05, 3.63) is 71.3 Å². The molecule has 14 nitrogen and oxygen atoms in total. The molecule has 3 amide bonds. The minimum absolute atomic E-state index is 0.0672. The van der Waals surface area contributed by atoms with Gasteiger partial charge < -0.3 is 43.8 Å². The number of carbonyl (C=O) groups is 4. The molecule has 246 valence electrons. The van der Waals surface area contributed by atoms with Gasteiger partial charge in [-0.15, -0.1) is 0 Å². The number of carboxylic acid groups (broad SMARTS) is 1. The highest BCUT2D eigenvalue weighted by molar-refractivity contribution is 5.96. The van der Waals surface area contributed by atoms with E-state index in [4.69, 9.17) is 38.2 Å². The van der Waals surface area contributed by atoms with E-state index >= 15 is 0 Å². The molecule has 0 aliphatic rings. The second-order valence-electron chi connectivity index (χ2n) is 9.91. The number of aliphatic hydroxyl groups is 1. The van der Waals surface area contributed by atoms with Crippen LogP contribution in [0, 0.1) is 5.41 Å². The molecular weight excluding hydrogens is 601 g/mol. The number of aliphatic carboxylic acids is 1. The van der Waals surface area contributed by atoms with Crippen LogP contribution in [0.3, 0.4) is 0 Å². The van der Waals surface area contributed by atoms with Gasteiger partial charge in [0.1, 0.15) is 17.9 Å². The first-order valence-corrected chi connectivity index (χ1v) is 13.3. The minimum Gasteiger partial charge on any atom is -0.475 e. The third-order valence-electron chi connectivity index (χ3n) is 6.39. The summed E-state index contributed by atoms with van der Waals surface area (Å²) in [4.78, 5) is 51.1. The van der Waals surface area contributed by atoms with Crippen LogP contribution in [0.2, 0.25) is 0 Å². The van der Waals surface area contributed by atoms with Gasteiger partial charge in [0, 0.05) is 12.1 Å². The van der Waals surface area contributed by atoms with Crippen LogP contribution in [-0.4, -0.2) is 77.1 Å². The van der Waals surface area contributed by atoms with Crippen molar-refractivity contribution in [3.63, 3.8) is 0 Å². The molecule has 2 aromatic carbocycles. The molecule has 0 saturated carbocycles. The molecule has 0 radical (unpaired) electrons. The summed E-state index contributed by atoms with van der Waals surface area (Å²) in [5.41, 5.74) is 22.4. The maximum absolute atomic E-state index is 13.6. The Morgan fingerprint density at radius 1 is 0.933 bits per heavy atom. The number of amidine groups is 1. The van der Waals surface area contributed by atoms with E-state index < -0.39 is 54.0 Å². The van der Waals surface area contributed by atoms with E-state index in [0.717, 1.165) is 5.56 Å². The summed E-state index contributed by atoms with van der Waals surface area (Å²) in [6.07, 6.45) is -4.28. The lowest BCUT2D eigenvalue weighted by molar-refractivity contribution is -0.192. The second kappa shape index (κ2) is 17.2. The number of primary amides is 1. The largest absolute Gasteiger partial charge is 0.490 e. The van der Waals surface area contributed by atoms with Crippen LogP contribution in [-0.2, 0) is 31.0 Å². The van der Waals surface area contributed by atoms with Gasteiger partial charge in [0.05, 0.1) is 12.0 Å². The third-order valence-corrected chi connectivity index (χ3v) is 6.39. The van der Waals surface area contributed by atoms with Gasteiger partial charge in [0.2, 0.25) is 17.7 Å². The molecule has 0 spiro atoms. The zero-order valence-corrected chi connectivity index (χ0v) is 24.3. The first-order chi connectivity index (χ1) is 20.9. The number of nitrogen functional groups attached to an aromatic ring is 1. The number of aliphatic hydroxyl groups excluding tert-OH is 1. The molecular formula is C28H37F3N8O6. The molecule has 2 rings (SSSR count). The molecule has 0 saturated heterocycles. The van der Waals surface area contributed by atoms with E-state index in [0.29, 0.717) is 17.5 Å². The highest BCUT2D eigenvalue weighted by Crippen LogP contribution is 2.29. The molecule has 17 heteroatoms. The summed E-state index contributed by atoms with van der Waals surface area (Å²) >= 11 is 0. The van der Waals surface area contributed by atoms with Crippen LogP contribution in [0.15, 0.2) is 59.6 Å². The normalized spacial score (nSPS) is 13.4. The molecule has 0 aliphatic heterocycles. The number of rotatable bonds is 14. The summed E-state index contributed by atoms with van der Waals surface area (Å²) in [6, 6.07) is 13.6. The van der Waals surface area contributed by atoms with E-state index in [2.05, 4.69) is 15.6 Å². The van der Waals surface area contributed by atoms with Gasteiger partial charge in [-0.2, -0.15) is 13.2 Å². The van der Waals surface area contributed by atoms with Gasteiger partial charge in [-0.1, -0.05) is 54.6 Å². The standard InChI is InChI=1S/C26H36N8O4.C2HF3O2/c1-26(18-6-3-2-4-7-18,14-16-9-11-17(12-10-16)21(27)28)24(38)34-20(15-35)23(37)33-19(22(29)36)8-5-13-32-25(30)31;3-2(4,5)1(6)7/h2-4,6-7,9-12,19-20,35H,5,8,13-15H2,1H3,(H3,27,28)(H2,29,36)(H,33,37)(H,34,38)(H4,30,31,32);(H,6,7)/t19?,20-,26-;/m0./s1. The quantitative estimate of drug-likeness (QED) is 0.0739. The highest BCUT2D eigenvalue weighted by atomic mass is 19.4. The Labute approximate surface area is 256 Å². The maximum atomic E-state index is 13.6. The predicted molar refractivity (Wildman–Crippen MR) is 159 cm³/mol. The number of hydrogen-bond donors (Lipinski definition) is 9. The van der Waals surface area contributed by atoms with Crippen LogP contribution >= 0.6 is 0 Å².